The van der Waals surface area contributed by atoms with Crippen molar-refractivity contribution in [1.29, 1.82) is 0 Å². The van der Waals surface area contributed by atoms with E-state index >= 15 is 0 Å². The number of aliphatic carboxylic acids is 1. The molecule has 2 N–H and O–H groups in total. The molecule has 1 saturated carbocycles. The molecule has 5 heteroatoms. The largest absolute Gasteiger partial charge is 0.479 e. The predicted molar refractivity (Wildman–Crippen MR) is 74.3 cm³/mol. The van der Waals surface area contributed by atoms with E-state index in [-0.39, 0.29) is 11.9 Å². The third kappa shape index (κ3) is 3.95. The van der Waals surface area contributed by atoms with Gasteiger partial charge in [0.25, 0.3) is 0 Å². The van der Waals surface area contributed by atoms with Gasteiger partial charge in [-0.05, 0) is 44.4 Å². The van der Waals surface area contributed by atoms with Gasteiger partial charge in [-0.1, -0.05) is 19.8 Å². The summed E-state index contributed by atoms with van der Waals surface area (Å²) in [5.74, 6) is -0.291. The maximum absolute atomic E-state index is 12.1. The van der Waals surface area contributed by atoms with Crippen LogP contribution in [0.3, 0.4) is 0 Å². The number of nitrogens with one attached hydrogen (secondary N) is 1. The maximum atomic E-state index is 12.1. The molecule has 1 amide bonds. The number of carbonyl (C=O) groups excluding carboxylic acids is 1. The summed E-state index contributed by atoms with van der Waals surface area (Å²) in [6.07, 6.45) is 6.49. The van der Waals surface area contributed by atoms with Gasteiger partial charge in [0, 0.05) is 6.04 Å². The molecule has 1 aliphatic carbocycles. The van der Waals surface area contributed by atoms with E-state index < -0.39 is 18.2 Å². The third-order valence-corrected chi connectivity index (χ3v) is 4.48. The van der Waals surface area contributed by atoms with E-state index in [0.717, 1.165) is 18.8 Å². The SMILES string of the molecule is CCCC1CCC(NC(=O)C2CCC(C(=O)O)O2)CC1. The number of hydrogen-bond donors (Lipinski definition) is 2. The van der Waals surface area contributed by atoms with Crippen molar-refractivity contribution in [2.24, 2.45) is 5.92 Å². The van der Waals surface area contributed by atoms with Crippen LogP contribution in [0.1, 0.15) is 58.3 Å². The molecule has 20 heavy (non-hydrogen) atoms. The fraction of sp³-hybridized carbons (Fsp3) is 0.867. The van der Waals surface area contributed by atoms with Gasteiger partial charge in [0.2, 0.25) is 5.91 Å². The molecule has 0 aromatic heterocycles. The van der Waals surface area contributed by atoms with Crippen LogP contribution in [-0.4, -0.2) is 35.2 Å². The van der Waals surface area contributed by atoms with Crippen molar-refractivity contribution < 1.29 is 19.4 Å². The number of carbonyl (C=O) groups is 2. The lowest BCUT2D eigenvalue weighted by molar-refractivity contribution is -0.152. The molecule has 2 atom stereocenters. The first-order chi connectivity index (χ1) is 9.60. The Labute approximate surface area is 120 Å². The van der Waals surface area contributed by atoms with Crippen LogP contribution in [-0.2, 0) is 14.3 Å². The summed E-state index contributed by atoms with van der Waals surface area (Å²) in [6, 6.07) is 0.239. The second-order valence-corrected chi connectivity index (χ2v) is 6.04. The van der Waals surface area contributed by atoms with E-state index in [9.17, 15) is 9.59 Å². The summed E-state index contributed by atoms with van der Waals surface area (Å²) in [4.78, 5) is 22.9. The van der Waals surface area contributed by atoms with Gasteiger partial charge < -0.3 is 15.2 Å². The Hall–Kier alpha value is -1.10. The summed E-state index contributed by atoms with van der Waals surface area (Å²) >= 11 is 0. The lowest BCUT2D eigenvalue weighted by Gasteiger charge is -2.29. The average molecular weight is 283 g/mol. The van der Waals surface area contributed by atoms with Crippen LogP contribution < -0.4 is 5.32 Å². The average Bonchev–Trinajstić information content (AvgIpc) is 2.91. The van der Waals surface area contributed by atoms with Gasteiger partial charge in [0.05, 0.1) is 0 Å². The second-order valence-electron chi connectivity index (χ2n) is 6.04. The van der Waals surface area contributed by atoms with E-state index in [1.807, 2.05) is 0 Å². The van der Waals surface area contributed by atoms with E-state index in [1.165, 1.54) is 25.7 Å². The van der Waals surface area contributed by atoms with Crippen LogP contribution in [0, 0.1) is 5.92 Å². The fourth-order valence-electron chi connectivity index (χ4n) is 3.31. The van der Waals surface area contributed by atoms with Crippen molar-refractivity contribution in [2.75, 3.05) is 0 Å². The van der Waals surface area contributed by atoms with Crippen molar-refractivity contribution >= 4 is 11.9 Å². The van der Waals surface area contributed by atoms with Crippen molar-refractivity contribution in [3.8, 4) is 0 Å². The number of rotatable bonds is 5. The Morgan fingerprint density at radius 1 is 1.10 bits per heavy atom. The van der Waals surface area contributed by atoms with Crippen LogP contribution in [0.25, 0.3) is 0 Å². The molecule has 1 saturated heterocycles. The van der Waals surface area contributed by atoms with Crippen molar-refractivity contribution in [1.82, 2.24) is 5.32 Å². The summed E-state index contributed by atoms with van der Waals surface area (Å²) < 4.78 is 5.27. The molecule has 2 rings (SSSR count). The number of amides is 1. The molecule has 114 valence electrons. The highest BCUT2D eigenvalue weighted by Crippen LogP contribution is 2.28. The molecule has 1 aliphatic heterocycles. The van der Waals surface area contributed by atoms with E-state index in [4.69, 9.17) is 9.84 Å². The summed E-state index contributed by atoms with van der Waals surface area (Å²) in [5.41, 5.74) is 0. The Morgan fingerprint density at radius 3 is 2.30 bits per heavy atom. The Bertz CT molecular complexity index is 350. The minimum Gasteiger partial charge on any atom is -0.479 e. The molecule has 0 aromatic carbocycles. The quantitative estimate of drug-likeness (QED) is 0.810. The standard InChI is InChI=1S/C15H25NO4/c1-2-3-10-4-6-11(7-5-10)16-14(17)12-8-9-13(20-12)15(18)19/h10-13H,2-9H2,1H3,(H,16,17)(H,18,19). The Kier molecular flexibility index (Phi) is 5.40. The van der Waals surface area contributed by atoms with Gasteiger partial charge in [-0.25, -0.2) is 4.79 Å². The monoisotopic (exact) mass is 283 g/mol. The van der Waals surface area contributed by atoms with Crippen molar-refractivity contribution in [2.45, 2.75) is 76.5 Å². The summed E-state index contributed by atoms with van der Waals surface area (Å²) in [6.45, 7) is 2.21. The fourth-order valence-corrected chi connectivity index (χ4v) is 3.31. The molecule has 0 bridgehead atoms. The van der Waals surface area contributed by atoms with Gasteiger partial charge in [0.15, 0.2) is 6.10 Å². The van der Waals surface area contributed by atoms with Crippen LogP contribution in [0.4, 0.5) is 0 Å². The lowest BCUT2D eigenvalue weighted by Crippen LogP contribution is -2.43. The van der Waals surface area contributed by atoms with Crippen molar-refractivity contribution in [3.05, 3.63) is 0 Å². The molecule has 0 aromatic rings. The Balaban J connectivity index is 1.72. The Morgan fingerprint density at radius 2 is 1.75 bits per heavy atom. The van der Waals surface area contributed by atoms with Crippen molar-refractivity contribution in [3.63, 3.8) is 0 Å². The molecular weight excluding hydrogens is 258 g/mol. The normalized spacial score (nSPS) is 33.9. The molecule has 5 nitrogen and oxygen atoms in total. The molecule has 0 spiro atoms. The lowest BCUT2D eigenvalue weighted by atomic mass is 9.83. The first kappa shape index (κ1) is 15.3. The highest BCUT2D eigenvalue weighted by Gasteiger charge is 2.35. The van der Waals surface area contributed by atoms with Gasteiger partial charge >= 0.3 is 5.97 Å². The van der Waals surface area contributed by atoms with Crippen LogP contribution in [0.15, 0.2) is 0 Å². The zero-order valence-corrected chi connectivity index (χ0v) is 12.1. The number of carboxylic acids is 1. The van der Waals surface area contributed by atoms with Crippen LogP contribution in [0.5, 0.6) is 0 Å². The maximum Gasteiger partial charge on any atom is 0.332 e. The molecule has 2 aliphatic rings. The summed E-state index contributed by atoms with van der Waals surface area (Å²) in [5, 5.41) is 11.9. The highest BCUT2D eigenvalue weighted by atomic mass is 16.5. The van der Waals surface area contributed by atoms with E-state index in [1.54, 1.807) is 0 Å². The third-order valence-electron chi connectivity index (χ3n) is 4.48. The molecule has 2 fully saturated rings. The van der Waals surface area contributed by atoms with Crippen LogP contribution in [0.2, 0.25) is 0 Å². The minimum absolute atomic E-state index is 0.132. The summed E-state index contributed by atoms with van der Waals surface area (Å²) in [7, 11) is 0. The van der Waals surface area contributed by atoms with Gasteiger partial charge in [-0.2, -0.15) is 0 Å². The van der Waals surface area contributed by atoms with Gasteiger partial charge in [-0.3, -0.25) is 4.79 Å². The van der Waals surface area contributed by atoms with E-state index in [2.05, 4.69) is 12.2 Å². The smallest absolute Gasteiger partial charge is 0.332 e. The molecule has 1 heterocycles. The zero-order chi connectivity index (χ0) is 14.5. The second kappa shape index (κ2) is 7.07. The first-order valence-electron chi connectivity index (χ1n) is 7.78. The molecule has 0 radical (unpaired) electrons. The molecular formula is C15H25NO4. The van der Waals surface area contributed by atoms with Gasteiger partial charge in [0.1, 0.15) is 6.10 Å². The van der Waals surface area contributed by atoms with Crippen LogP contribution >= 0.6 is 0 Å². The first-order valence-corrected chi connectivity index (χ1v) is 7.78. The van der Waals surface area contributed by atoms with E-state index in [0.29, 0.717) is 12.8 Å². The topological polar surface area (TPSA) is 75.6 Å². The molecule has 2 unspecified atom stereocenters. The minimum atomic E-state index is -0.972. The zero-order valence-electron chi connectivity index (χ0n) is 12.1. The highest BCUT2D eigenvalue weighted by molar-refractivity contribution is 5.82. The predicted octanol–water partition coefficient (Wildman–Crippen LogP) is 2.09. The number of hydrogen-bond acceptors (Lipinski definition) is 3. The number of ether oxygens (including phenoxy) is 1. The number of carboxylic acid groups (broad SMARTS) is 1. The van der Waals surface area contributed by atoms with Gasteiger partial charge in [-0.15, -0.1) is 0 Å².